The smallest absolute Gasteiger partial charge is 0.274 e. The van der Waals surface area contributed by atoms with Gasteiger partial charge in [0.1, 0.15) is 12.4 Å². The number of rotatable bonds is 6. The number of nitrogens with zero attached hydrogens (tertiary/aromatic N) is 2. The highest BCUT2D eigenvalue weighted by Gasteiger charge is 2.13. The molecule has 2 aromatic rings. The first-order valence-corrected chi connectivity index (χ1v) is 6.49. The number of para-hydroxylation sites is 1. The van der Waals surface area contributed by atoms with Gasteiger partial charge in [0.15, 0.2) is 5.69 Å². The predicted molar refractivity (Wildman–Crippen MR) is 76.6 cm³/mol. The number of aromatic nitrogens is 2. The van der Waals surface area contributed by atoms with Crippen molar-refractivity contribution in [3.8, 4) is 5.75 Å². The predicted octanol–water partition coefficient (Wildman–Crippen LogP) is 1.29. The third-order valence-corrected chi connectivity index (χ3v) is 2.73. The van der Waals surface area contributed by atoms with Crippen LogP contribution in [0.4, 0.5) is 5.69 Å². The molecule has 0 aliphatic rings. The summed E-state index contributed by atoms with van der Waals surface area (Å²) in [6.45, 7) is 3.40. The summed E-state index contributed by atoms with van der Waals surface area (Å²) < 4.78 is 7.11. The van der Waals surface area contributed by atoms with Crippen molar-refractivity contribution in [2.24, 2.45) is 0 Å². The molecule has 0 atom stereocenters. The summed E-state index contributed by atoms with van der Waals surface area (Å²) in [7, 11) is 0. The van der Waals surface area contributed by atoms with Gasteiger partial charge >= 0.3 is 0 Å². The number of anilines is 1. The minimum atomic E-state index is -0.286. The van der Waals surface area contributed by atoms with Crippen molar-refractivity contribution in [3.05, 3.63) is 42.2 Å². The summed E-state index contributed by atoms with van der Waals surface area (Å²) in [4.78, 5) is 11.9. The Morgan fingerprint density at radius 1 is 1.40 bits per heavy atom. The number of carbonyl (C=O) groups excluding carboxylic acids is 1. The summed E-state index contributed by atoms with van der Waals surface area (Å²) in [6.07, 6.45) is 1.65. The number of amides is 1. The maximum atomic E-state index is 11.9. The van der Waals surface area contributed by atoms with Crippen LogP contribution in [0.1, 0.15) is 17.4 Å². The summed E-state index contributed by atoms with van der Waals surface area (Å²) in [6, 6.07) is 9.44. The molecule has 106 valence electrons. The van der Waals surface area contributed by atoms with Crippen LogP contribution in [0, 0.1) is 0 Å². The fraction of sp³-hybridized carbons (Fsp3) is 0.286. The molecule has 20 heavy (non-hydrogen) atoms. The lowest BCUT2D eigenvalue weighted by Crippen LogP contribution is -2.29. The fourth-order valence-corrected chi connectivity index (χ4v) is 1.71. The molecule has 1 aromatic heterocycles. The van der Waals surface area contributed by atoms with Gasteiger partial charge in [0.2, 0.25) is 0 Å². The van der Waals surface area contributed by atoms with Gasteiger partial charge in [0.25, 0.3) is 5.91 Å². The second-order valence-corrected chi connectivity index (χ2v) is 4.21. The van der Waals surface area contributed by atoms with E-state index in [2.05, 4.69) is 10.4 Å². The van der Waals surface area contributed by atoms with Gasteiger partial charge in [-0.2, -0.15) is 5.10 Å². The van der Waals surface area contributed by atoms with Gasteiger partial charge in [0, 0.05) is 12.7 Å². The van der Waals surface area contributed by atoms with Crippen molar-refractivity contribution in [1.82, 2.24) is 15.1 Å². The largest absolute Gasteiger partial charge is 0.492 e. The lowest BCUT2D eigenvalue weighted by atomic mass is 10.3. The molecule has 1 heterocycles. The molecule has 0 radical (unpaired) electrons. The van der Waals surface area contributed by atoms with Crippen LogP contribution < -0.4 is 15.8 Å². The fourth-order valence-electron chi connectivity index (χ4n) is 1.71. The molecule has 6 nitrogen and oxygen atoms in total. The van der Waals surface area contributed by atoms with E-state index in [4.69, 9.17) is 10.5 Å². The van der Waals surface area contributed by atoms with Crippen molar-refractivity contribution in [2.45, 2.75) is 13.5 Å². The lowest BCUT2D eigenvalue weighted by Gasteiger charge is -2.06. The molecule has 0 fully saturated rings. The molecule has 0 saturated heterocycles. The molecule has 0 unspecified atom stereocenters. The van der Waals surface area contributed by atoms with E-state index in [-0.39, 0.29) is 11.6 Å². The normalized spacial score (nSPS) is 10.2. The highest BCUT2D eigenvalue weighted by Crippen LogP contribution is 2.09. The third-order valence-electron chi connectivity index (χ3n) is 2.73. The minimum absolute atomic E-state index is 0.256. The Labute approximate surface area is 117 Å². The van der Waals surface area contributed by atoms with Crippen LogP contribution in [0.15, 0.2) is 36.5 Å². The SMILES string of the molecule is CCn1cc(N)c(C(=O)NCCOc2ccccc2)n1. The monoisotopic (exact) mass is 274 g/mol. The second kappa shape index (κ2) is 6.60. The van der Waals surface area contributed by atoms with Gasteiger partial charge in [-0.3, -0.25) is 9.48 Å². The number of nitrogens with two attached hydrogens (primary N) is 1. The first kappa shape index (κ1) is 13.9. The van der Waals surface area contributed by atoms with E-state index in [1.165, 1.54) is 0 Å². The van der Waals surface area contributed by atoms with E-state index in [9.17, 15) is 4.79 Å². The summed E-state index contributed by atoms with van der Waals surface area (Å²) in [5.41, 5.74) is 6.38. The summed E-state index contributed by atoms with van der Waals surface area (Å²) in [5, 5.41) is 6.83. The van der Waals surface area contributed by atoms with Crippen molar-refractivity contribution < 1.29 is 9.53 Å². The Balaban J connectivity index is 1.79. The van der Waals surface area contributed by atoms with E-state index in [0.717, 1.165) is 5.75 Å². The second-order valence-electron chi connectivity index (χ2n) is 4.21. The first-order chi connectivity index (χ1) is 9.70. The maximum Gasteiger partial charge on any atom is 0.274 e. The van der Waals surface area contributed by atoms with Crippen LogP contribution in [-0.2, 0) is 6.54 Å². The number of nitrogens with one attached hydrogen (secondary N) is 1. The molecular weight excluding hydrogens is 256 g/mol. The number of hydrogen-bond donors (Lipinski definition) is 2. The van der Waals surface area contributed by atoms with Crippen molar-refractivity contribution in [2.75, 3.05) is 18.9 Å². The van der Waals surface area contributed by atoms with Crippen molar-refractivity contribution >= 4 is 11.6 Å². The van der Waals surface area contributed by atoms with E-state index in [1.54, 1.807) is 10.9 Å². The van der Waals surface area contributed by atoms with E-state index < -0.39 is 0 Å². The lowest BCUT2D eigenvalue weighted by molar-refractivity contribution is 0.0942. The van der Waals surface area contributed by atoms with Crippen molar-refractivity contribution in [3.63, 3.8) is 0 Å². The Hall–Kier alpha value is -2.50. The number of hydrogen-bond acceptors (Lipinski definition) is 4. The number of benzene rings is 1. The minimum Gasteiger partial charge on any atom is -0.492 e. The molecule has 0 aliphatic carbocycles. The Morgan fingerprint density at radius 2 is 2.15 bits per heavy atom. The first-order valence-electron chi connectivity index (χ1n) is 6.49. The van der Waals surface area contributed by atoms with Gasteiger partial charge in [-0.15, -0.1) is 0 Å². The van der Waals surface area contributed by atoms with Crippen LogP contribution in [0.3, 0.4) is 0 Å². The molecule has 2 rings (SSSR count). The molecule has 0 saturated carbocycles. The van der Waals surface area contributed by atoms with Crippen molar-refractivity contribution in [1.29, 1.82) is 0 Å². The highest BCUT2D eigenvalue weighted by atomic mass is 16.5. The van der Waals surface area contributed by atoms with E-state index in [0.29, 0.717) is 25.4 Å². The van der Waals surface area contributed by atoms with Crippen LogP contribution in [0.5, 0.6) is 5.75 Å². The zero-order chi connectivity index (χ0) is 14.4. The molecular formula is C14H18N4O2. The van der Waals surface area contributed by atoms with E-state index in [1.807, 2.05) is 37.3 Å². The zero-order valence-electron chi connectivity index (χ0n) is 11.4. The van der Waals surface area contributed by atoms with Gasteiger partial charge in [-0.25, -0.2) is 0 Å². The van der Waals surface area contributed by atoms with E-state index >= 15 is 0 Å². The van der Waals surface area contributed by atoms with Gasteiger partial charge < -0.3 is 15.8 Å². The van der Waals surface area contributed by atoms with Crippen LogP contribution in [0.2, 0.25) is 0 Å². The Bertz CT molecular complexity index is 566. The molecule has 0 bridgehead atoms. The molecule has 0 aliphatic heterocycles. The van der Waals surface area contributed by atoms with Crippen LogP contribution in [0.25, 0.3) is 0 Å². The topological polar surface area (TPSA) is 82.2 Å². The molecule has 1 aromatic carbocycles. The van der Waals surface area contributed by atoms with Gasteiger partial charge in [-0.1, -0.05) is 18.2 Å². The molecule has 1 amide bonds. The van der Waals surface area contributed by atoms with Crippen LogP contribution >= 0.6 is 0 Å². The third kappa shape index (κ3) is 3.50. The number of carbonyl (C=O) groups is 1. The number of ether oxygens (including phenoxy) is 1. The Morgan fingerprint density at radius 3 is 2.80 bits per heavy atom. The Kier molecular flexibility index (Phi) is 4.60. The quantitative estimate of drug-likeness (QED) is 0.778. The van der Waals surface area contributed by atoms with Gasteiger partial charge in [0.05, 0.1) is 12.2 Å². The zero-order valence-corrected chi connectivity index (χ0v) is 11.4. The summed E-state index contributed by atoms with van der Waals surface area (Å²) >= 11 is 0. The molecule has 3 N–H and O–H groups in total. The highest BCUT2D eigenvalue weighted by molar-refractivity contribution is 5.96. The van der Waals surface area contributed by atoms with Gasteiger partial charge in [-0.05, 0) is 19.1 Å². The summed E-state index contributed by atoms with van der Waals surface area (Å²) in [5.74, 6) is 0.489. The molecule has 0 spiro atoms. The molecule has 6 heteroatoms. The number of nitrogen functional groups attached to an aromatic ring is 1. The number of aryl methyl sites for hydroxylation is 1. The maximum absolute atomic E-state index is 11.9. The average molecular weight is 274 g/mol. The average Bonchev–Trinajstić information content (AvgIpc) is 2.86. The van der Waals surface area contributed by atoms with Crippen LogP contribution in [-0.4, -0.2) is 28.8 Å². The standard InChI is InChI=1S/C14H18N4O2/c1-2-18-10-12(15)13(17-18)14(19)16-8-9-20-11-6-4-3-5-7-11/h3-7,10H,2,8-9,15H2,1H3,(H,16,19).